The molecule has 0 aliphatic rings. The number of nitrogens with zero attached hydrogens (tertiary/aromatic N) is 3. The zero-order valence-electron chi connectivity index (χ0n) is 21.3. The van der Waals surface area contributed by atoms with Crippen molar-refractivity contribution in [2.24, 2.45) is 0 Å². The van der Waals surface area contributed by atoms with Crippen LogP contribution in [0.3, 0.4) is 0 Å². The van der Waals surface area contributed by atoms with Crippen molar-refractivity contribution >= 4 is 34.9 Å². The molecule has 36 heavy (non-hydrogen) atoms. The predicted molar refractivity (Wildman–Crippen MR) is 146 cm³/mol. The third-order valence-corrected chi connectivity index (χ3v) is 8.83. The lowest BCUT2D eigenvalue weighted by Crippen LogP contribution is -2.22. The Balaban J connectivity index is 1.60. The summed E-state index contributed by atoms with van der Waals surface area (Å²) in [6.45, 7) is 9.96. The van der Waals surface area contributed by atoms with E-state index in [9.17, 15) is 8.42 Å². The van der Waals surface area contributed by atoms with Crippen molar-refractivity contribution in [3.8, 4) is 16.9 Å². The summed E-state index contributed by atoms with van der Waals surface area (Å²) in [6, 6.07) is 15.0. The summed E-state index contributed by atoms with van der Waals surface area (Å²) in [5.41, 5.74) is 4.18. The van der Waals surface area contributed by atoms with E-state index in [4.69, 9.17) is 9.47 Å². The highest BCUT2D eigenvalue weighted by Gasteiger charge is 2.19. The topological polar surface area (TPSA) is 95.3 Å². The Morgan fingerprint density at radius 2 is 1.86 bits per heavy atom. The summed E-state index contributed by atoms with van der Waals surface area (Å²) in [5.74, 6) is 0.541. The second kappa shape index (κ2) is 10.4. The molecule has 190 valence electrons. The lowest BCUT2D eigenvalue weighted by molar-refractivity contribution is 0.0895. The Bertz CT molecular complexity index is 1480. The van der Waals surface area contributed by atoms with Crippen LogP contribution in [0.5, 0.6) is 5.75 Å². The van der Waals surface area contributed by atoms with Gasteiger partial charge in [-0.3, -0.25) is 9.29 Å². The first-order chi connectivity index (χ1) is 17.1. The van der Waals surface area contributed by atoms with E-state index in [1.165, 1.54) is 6.07 Å². The van der Waals surface area contributed by atoms with E-state index >= 15 is 0 Å². The monoisotopic (exact) mass is 524 g/mol. The molecule has 2 aromatic carbocycles. The number of fused-ring (bicyclic) bond motifs is 1. The number of aromatic nitrogens is 3. The molecule has 0 saturated carbocycles. The van der Waals surface area contributed by atoms with Crippen LogP contribution in [0, 0.1) is 6.92 Å². The largest absolute Gasteiger partial charge is 0.496 e. The number of imidazole rings is 1. The molecule has 0 bridgehead atoms. The number of sulfonamides is 1. The smallest absolute Gasteiger partial charge is 0.261 e. The predicted octanol–water partition coefficient (Wildman–Crippen LogP) is 5.53. The molecule has 4 aromatic rings. The van der Waals surface area contributed by atoms with Gasteiger partial charge in [0.05, 0.1) is 18.3 Å². The molecule has 2 aromatic heterocycles. The lowest BCUT2D eigenvalue weighted by atomic mass is 10.1. The van der Waals surface area contributed by atoms with Crippen LogP contribution in [0.1, 0.15) is 5.56 Å². The second-order valence-electron chi connectivity index (χ2n) is 9.97. The molecule has 4 rings (SSSR count). The molecule has 10 heteroatoms. The van der Waals surface area contributed by atoms with Crippen molar-refractivity contribution < 1.29 is 17.9 Å². The van der Waals surface area contributed by atoms with Gasteiger partial charge in [0, 0.05) is 37.7 Å². The van der Waals surface area contributed by atoms with Gasteiger partial charge in [0.15, 0.2) is 5.65 Å². The van der Waals surface area contributed by atoms with E-state index in [1.54, 1.807) is 43.9 Å². The highest BCUT2D eigenvalue weighted by atomic mass is 32.2. The molecule has 0 fully saturated rings. The van der Waals surface area contributed by atoms with E-state index < -0.39 is 18.1 Å². The summed E-state index contributed by atoms with van der Waals surface area (Å²) in [7, 11) is -3.41. The van der Waals surface area contributed by atoms with Crippen molar-refractivity contribution in [1.29, 1.82) is 0 Å². The summed E-state index contributed by atoms with van der Waals surface area (Å²) in [5, 5.41) is 0. The van der Waals surface area contributed by atoms with Gasteiger partial charge in [-0.15, -0.1) is 0 Å². The van der Waals surface area contributed by atoms with Crippen LogP contribution in [0.2, 0.25) is 25.7 Å². The molecule has 2 heterocycles. The Kier molecular flexibility index (Phi) is 7.48. The van der Waals surface area contributed by atoms with Crippen molar-refractivity contribution in [2.75, 3.05) is 18.4 Å². The summed E-state index contributed by atoms with van der Waals surface area (Å²) in [4.78, 5) is 9.21. The molecule has 0 aliphatic heterocycles. The van der Waals surface area contributed by atoms with Crippen LogP contribution >= 0.6 is 0 Å². The van der Waals surface area contributed by atoms with Crippen LogP contribution in [0.25, 0.3) is 22.3 Å². The maximum atomic E-state index is 13.1. The van der Waals surface area contributed by atoms with Gasteiger partial charge in [-0.25, -0.2) is 18.4 Å². The number of anilines is 1. The first kappa shape index (κ1) is 25.9. The molecule has 0 unspecified atom stereocenters. The van der Waals surface area contributed by atoms with Crippen molar-refractivity contribution in [2.45, 2.75) is 44.2 Å². The number of benzene rings is 2. The van der Waals surface area contributed by atoms with Gasteiger partial charge >= 0.3 is 0 Å². The number of nitrogens with one attached hydrogen (secondary N) is 1. The van der Waals surface area contributed by atoms with Gasteiger partial charge in [0.1, 0.15) is 18.0 Å². The Morgan fingerprint density at radius 1 is 1.06 bits per heavy atom. The first-order valence-electron chi connectivity index (χ1n) is 11.7. The minimum atomic E-state index is -3.81. The molecule has 0 amide bonds. The van der Waals surface area contributed by atoms with Crippen LogP contribution in [-0.4, -0.2) is 44.7 Å². The number of pyridine rings is 1. The zero-order valence-corrected chi connectivity index (χ0v) is 23.1. The van der Waals surface area contributed by atoms with E-state index in [0.29, 0.717) is 47.1 Å². The highest BCUT2D eigenvalue weighted by Crippen LogP contribution is 2.33. The zero-order chi connectivity index (χ0) is 25.9. The third kappa shape index (κ3) is 6.12. The number of methoxy groups -OCH3 is 1. The van der Waals surface area contributed by atoms with Gasteiger partial charge in [-0.2, -0.15) is 0 Å². The molecule has 8 nitrogen and oxygen atoms in total. The number of hydrogen-bond acceptors (Lipinski definition) is 6. The van der Waals surface area contributed by atoms with Gasteiger partial charge in [0.25, 0.3) is 10.0 Å². The normalized spacial score (nSPS) is 12.1. The van der Waals surface area contributed by atoms with E-state index in [0.717, 1.165) is 11.6 Å². The summed E-state index contributed by atoms with van der Waals surface area (Å²) in [6.07, 6.45) is 3.41. The van der Waals surface area contributed by atoms with E-state index in [2.05, 4.69) is 34.3 Å². The minimum Gasteiger partial charge on any atom is -0.496 e. The molecule has 0 radical (unpaired) electrons. The average molecular weight is 525 g/mol. The van der Waals surface area contributed by atoms with Crippen molar-refractivity contribution in [3.05, 3.63) is 66.6 Å². The van der Waals surface area contributed by atoms with Gasteiger partial charge in [-0.1, -0.05) is 31.8 Å². The SMILES string of the molecule is COc1ccc(S(=O)(=O)Nc2cccc(C)c2)cc1-c1cnc2c(c1)ncn2COCC[Si](C)(C)C. The van der Waals surface area contributed by atoms with E-state index in [1.807, 2.05) is 29.7 Å². The Morgan fingerprint density at radius 3 is 2.58 bits per heavy atom. The Hall–Kier alpha value is -3.21. The standard InChI is InChI=1S/C26H32N4O4SSi/c1-19-7-6-8-21(13-19)29-35(31,32)22-9-10-25(33-2)23(15-22)20-14-24-26(27-16-20)30(17-28-24)18-34-11-12-36(3,4)5/h6-10,13-17,29H,11-12,18H2,1-5H3. The molecular formula is C26H32N4O4SSi. The van der Waals surface area contributed by atoms with Gasteiger partial charge in [0.2, 0.25) is 0 Å². The number of ether oxygens (including phenoxy) is 2. The maximum Gasteiger partial charge on any atom is 0.261 e. The fraction of sp³-hybridized carbons (Fsp3) is 0.308. The molecule has 0 spiro atoms. The number of rotatable bonds is 10. The lowest BCUT2D eigenvalue weighted by Gasteiger charge is -2.15. The molecule has 0 atom stereocenters. The Labute approximate surface area is 213 Å². The quantitative estimate of drug-likeness (QED) is 0.217. The average Bonchev–Trinajstić information content (AvgIpc) is 3.22. The number of hydrogen-bond donors (Lipinski definition) is 1. The van der Waals surface area contributed by atoms with Crippen molar-refractivity contribution in [1.82, 2.24) is 14.5 Å². The van der Waals surface area contributed by atoms with Gasteiger partial charge < -0.3 is 9.47 Å². The molecule has 0 saturated heterocycles. The fourth-order valence-corrected chi connectivity index (χ4v) is 5.57. The van der Waals surface area contributed by atoms with E-state index in [-0.39, 0.29) is 4.90 Å². The van der Waals surface area contributed by atoms with Crippen LogP contribution in [-0.2, 0) is 21.5 Å². The summed E-state index contributed by atoms with van der Waals surface area (Å²) >= 11 is 0. The third-order valence-electron chi connectivity index (χ3n) is 5.74. The number of aryl methyl sites for hydroxylation is 1. The van der Waals surface area contributed by atoms with Crippen LogP contribution in [0.15, 0.2) is 66.0 Å². The molecule has 1 N–H and O–H groups in total. The molecule has 0 aliphatic carbocycles. The fourth-order valence-electron chi connectivity index (χ4n) is 3.73. The van der Waals surface area contributed by atoms with Crippen LogP contribution < -0.4 is 9.46 Å². The first-order valence-corrected chi connectivity index (χ1v) is 16.9. The second-order valence-corrected chi connectivity index (χ2v) is 17.3. The molecular weight excluding hydrogens is 492 g/mol. The minimum absolute atomic E-state index is 0.126. The maximum absolute atomic E-state index is 13.1. The van der Waals surface area contributed by atoms with Crippen LogP contribution in [0.4, 0.5) is 5.69 Å². The van der Waals surface area contributed by atoms with Crippen molar-refractivity contribution in [3.63, 3.8) is 0 Å². The highest BCUT2D eigenvalue weighted by molar-refractivity contribution is 7.92. The summed E-state index contributed by atoms with van der Waals surface area (Å²) < 4.78 is 42.1. The van der Waals surface area contributed by atoms with Gasteiger partial charge in [-0.05, 0) is 54.9 Å².